The molecule has 19 rings (SSSR count). The fourth-order valence-electron chi connectivity index (χ4n) is 14.3. The molecule has 0 N–H and O–H groups in total. The number of rotatable bonds is 12. The number of fused-ring (bicyclic) bond motifs is 7. The average molecular weight is 1300 g/mol. The van der Waals surface area contributed by atoms with E-state index in [1.165, 1.54) is 60.4 Å². The van der Waals surface area contributed by atoms with Crippen LogP contribution in [0.5, 0.6) is 0 Å². The smallest absolute Gasteiger partial charge is 0.164 e. The van der Waals surface area contributed by atoms with Gasteiger partial charge in [-0.15, -0.1) is 0 Å². The van der Waals surface area contributed by atoms with E-state index in [2.05, 4.69) is 264 Å². The Balaban J connectivity index is 0.000000148. The van der Waals surface area contributed by atoms with Crippen molar-refractivity contribution in [3.05, 3.63) is 376 Å². The van der Waals surface area contributed by atoms with Crippen molar-refractivity contribution in [3.8, 4) is 124 Å². The Kier molecular flexibility index (Phi) is 15.8. The third-order valence-electron chi connectivity index (χ3n) is 19.1. The summed E-state index contributed by atoms with van der Waals surface area (Å²) in [6.45, 7) is 0. The van der Waals surface area contributed by atoms with Gasteiger partial charge in [0, 0.05) is 71.9 Å². The highest BCUT2D eigenvalue weighted by Crippen LogP contribution is 2.44. The Morgan fingerprint density at radius 1 is 0.176 bits per heavy atom. The minimum atomic E-state index is 0.641. The van der Waals surface area contributed by atoms with Crippen LogP contribution in [-0.4, -0.2) is 39.0 Å². The predicted octanol–water partition coefficient (Wildman–Crippen LogP) is 23.8. The zero-order valence-electron chi connectivity index (χ0n) is 55.4. The molecule has 102 heavy (non-hydrogen) atoms. The van der Waals surface area contributed by atoms with Crippen LogP contribution in [0, 0.1) is 0 Å². The molecule has 0 saturated carbocycles. The highest BCUT2D eigenvalue weighted by molar-refractivity contribution is 6.19. The summed E-state index contributed by atoms with van der Waals surface area (Å²) in [4.78, 5) is 30.0. The second kappa shape index (κ2) is 26.5. The highest BCUT2D eigenvalue weighted by Gasteiger charge is 2.23. The van der Waals surface area contributed by atoms with Crippen LogP contribution in [-0.2, 0) is 0 Å². The van der Waals surface area contributed by atoms with E-state index in [4.69, 9.17) is 29.9 Å². The first-order valence-electron chi connectivity index (χ1n) is 34.3. The lowest BCUT2D eigenvalue weighted by molar-refractivity contribution is 1.07. The van der Waals surface area contributed by atoms with Crippen LogP contribution in [0.15, 0.2) is 376 Å². The lowest BCUT2D eigenvalue weighted by Crippen LogP contribution is -2.00. The summed E-state index contributed by atoms with van der Waals surface area (Å²) in [6.07, 6.45) is 0. The molecule has 0 unspecified atom stereocenters. The van der Waals surface area contributed by atoms with Gasteiger partial charge in [-0.05, 0) is 104 Å². The first kappa shape index (κ1) is 60.6. The summed E-state index contributed by atoms with van der Waals surface area (Å²) in [7, 11) is 0. The monoisotopic (exact) mass is 1300 g/mol. The van der Waals surface area contributed by atoms with Gasteiger partial charge in [0.2, 0.25) is 0 Å². The van der Waals surface area contributed by atoms with E-state index in [1.54, 1.807) is 0 Å². The van der Waals surface area contributed by atoms with Crippen LogP contribution >= 0.6 is 0 Å². The number of aromatic nitrogens is 8. The van der Waals surface area contributed by atoms with Crippen LogP contribution in [0.3, 0.4) is 0 Å². The number of para-hydroxylation sites is 2. The van der Waals surface area contributed by atoms with E-state index in [-0.39, 0.29) is 0 Å². The van der Waals surface area contributed by atoms with Crippen LogP contribution in [0.1, 0.15) is 0 Å². The van der Waals surface area contributed by atoms with Crippen molar-refractivity contribution in [2.75, 3.05) is 0 Å². The van der Waals surface area contributed by atoms with Crippen LogP contribution in [0.25, 0.3) is 179 Å². The summed E-state index contributed by atoms with van der Waals surface area (Å²) in [5.41, 5.74) is 21.9. The van der Waals surface area contributed by atoms with E-state index in [0.29, 0.717) is 34.9 Å². The molecule has 4 heterocycles. The van der Waals surface area contributed by atoms with Crippen LogP contribution in [0.2, 0.25) is 0 Å². The molecule has 0 amide bonds. The van der Waals surface area contributed by atoms with Gasteiger partial charge in [0.1, 0.15) is 0 Å². The van der Waals surface area contributed by atoms with E-state index in [9.17, 15) is 0 Å². The number of hydrogen-bond donors (Lipinski definition) is 0. The van der Waals surface area contributed by atoms with Gasteiger partial charge in [0.05, 0.1) is 22.1 Å². The summed E-state index contributed by atoms with van der Waals surface area (Å²) in [6, 6.07) is 132. The second-order valence-electron chi connectivity index (χ2n) is 25.3. The SMILES string of the molecule is c1ccc(-c2ccc3c(c2)c2c(-c4nc(-c5ccccc5)nc(-c5ccccc5)n4)cccc2n3-c2ccc3ccccc3c2)cc1.c1ccc(-c2nc(-c3ccccc3)nc(-c3cccc(-c4ccc(-c5cccc6c5c5cccc(-c7ccccc7)c5n6-c5ccccc5)cc4)c3)n2)cc1. The van der Waals surface area contributed by atoms with Crippen molar-refractivity contribution in [1.29, 1.82) is 0 Å². The fraction of sp³-hybridized carbons (Fsp3) is 0. The Labute approximate surface area is 590 Å². The molecule has 478 valence electrons. The van der Waals surface area contributed by atoms with E-state index < -0.39 is 0 Å². The first-order valence-corrected chi connectivity index (χ1v) is 34.3. The Hall–Kier alpha value is -13.8. The maximum Gasteiger partial charge on any atom is 0.164 e. The third kappa shape index (κ3) is 11.5. The van der Waals surface area contributed by atoms with Crippen molar-refractivity contribution in [2.45, 2.75) is 0 Å². The molecule has 4 aromatic heterocycles. The van der Waals surface area contributed by atoms with E-state index >= 15 is 0 Å². The molecule has 0 atom stereocenters. The topological polar surface area (TPSA) is 87.2 Å². The summed E-state index contributed by atoms with van der Waals surface area (Å²) >= 11 is 0. The molecule has 0 spiro atoms. The zero-order chi connectivity index (χ0) is 67.7. The van der Waals surface area contributed by atoms with E-state index in [1.807, 2.05) is 121 Å². The molecule has 0 radical (unpaired) electrons. The fourth-order valence-corrected chi connectivity index (χ4v) is 14.3. The van der Waals surface area contributed by atoms with Gasteiger partial charge in [-0.2, -0.15) is 0 Å². The molecule has 0 bridgehead atoms. The summed E-state index contributed by atoms with van der Waals surface area (Å²) < 4.78 is 4.79. The van der Waals surface area contributed by atoms with Crippen molar-refractivity contribution in [3.63, 3.8) is 0 Å². The lowest BCUT2D eigenvalue weighted by Gasteiger charge is -2.11. The standard InChI is InChI=1S/C51H34N4.C43H28N4/c1-5-16-36(17-6-1)44-27-14-28-45-47-43(26-15-29-46(47)55(48(44)45)42-24-11-4-12-25-42)37-32-30-35(31-33-37)40-22-13-23-41(34-40)51-53-49(38-18-7-2-8-19-38)52-50(54-51)39-20-9-3-10-21-39;1-4-13-29(14-5-1)34-24-26-38-37(28-34)40-36(21-12-22-39(40)47(38)35-25-23-30-15-10-11-20-33(30)27-35)43-45-41(31-16-6-2-7-17-31)44-42(46-43)32-18-8-3-9-19-32/h1-34H;1-28H. The predicted molar refractivity (Wildman–Crippen MR) is 420 cm³/mol. The third-order valence-corrected chi connectivity index (χ3v) is 19.1. The minimum absolute atomic E-state index is 0.641. The normalized spacial score (nSPS) is 11.3. The molecule has 15 aromatic carbocycles. The highest BCUT2D eigenvalue weighted by atomic mass is 15.0. The van der Waals surface area contributed by atoms with E-state index in [0.717, 1.165) is 83.3 Å². The molecular formula is C94H62N8. The van der Waals surface area contributed by atoms with Gasteiger partial charge in [0.25, 0.3) is 0 Å². The van der Waals surface area contributed by atoms with Crippen LogP contribution < -0.4 is 0 Å². The zero-order valence-corrected chi connectivity index (χ0v) is 55.4. The van der Waals surface area contributed by atoms with Crippen molar-refractivity contribution < 1.29 is 0 Å². The second-order valence-corrected chi connectivity index (χ2v) is 25.3. The Bertz CT molecular complexity index is 6150. The molecule has 0 aliphatic rings. The van der Waals surface area contributed by atoms with Gasteiger partial charge in [-0.3, -0.25) is 0 Å². The van der Waals surface area contributed by atoms with Gasteiger partial charge < -0.3 is 9.13 Å². The minimum Gasteiger partial charge on any atom is -0.309 e. The maximum atomic E-state index is 5.13. The summed E-state index contributed by atoms with van der Waals surface area (Å²) in [5, 5.41) is 7.15. The van der Waals surface area contributed by atoms with Gasteiger partial charge >= 0.3 is 0 Å². The Morgan fingerprint density at radius 2 is 0.559 bits per heavy atom. The van der Waals surface area contributed by atoms with Crippen LogP contribution in [0.4, 0.5) is 0 Å². The molecule has 0 aliphatic heterocycles. The van der Waals surface area contributed by atoms with Gasteiger partial charge in [0.15, 0.2) is 34.9 Å². The maximum absolute atomic E-state index is 5.13. The Morgan fingerprint density at radius 3 is 1.14 bits per heavy atom. The lowest BCUT2D eigenvalue weighted by atomic mass is 9.95. The number of benzene rings is 15. The van der Waals surface area contributed by atoms with Crippen molar-refractivity contribution in [1.82, 2.24) is 39.0 Å². The number of nitrogens with zero attached hydrogens (tertiary/aromatic N) is 8. The quantitative estimate of drug-likeness (QED) is 0.121. The molecule has 19 aromatic rings. The van der Waals surface area contributed by atoms with Crippen molar-refractivity contribution in [2.24, 2.45) is 0 Å². The van der Waals surface area contributed by atoms with Gasteiger partial charge in [-0.25, -0.2) is 29.9 Å². The number of hydrogen-bond acceptors (Lipinski definition) is 6. The van der Waals surface area contributed by atoms with Gasteiger partial charge in [-0.1, -0.05) is 322 Å². The average Bonchev–Trinajstić information content (AvgIpc) is 1.58. The molecule has 0 aliphatic carbocycles. The largest absolute Gasteiger partial charge is 0.309 e. The molecule has 0 fully saturated rings. The molecule has 8 nitrogen and oxygen atoms in total. The molecule has 8 heteroatoms. The molecular weight excluding hydrogens is 1240 g/mol. The molecule has 0 saturated heterocycles. The summed E-state index contributed by atoms with van der Waals surface area (Å²) in [5.74, 6) is 3.88. The van der Waals surface area contributed by atoms with Crippen molar-refractivity contribution >= 4 is 54.4 Å². The first-order chi connectivity index (χ1) is 50.6.